The summed E-state index contributed by atoms with van der Waals surface area (Å²) in [4.78, 5) is 0. The highest BCUT2D eigenvalue weighted by atomic mass is 35.5. The SMILES string of the molecule is Cc1ccc(C(NN)c2ccc(OC(F)F)cc2)cc1Cl. The van der Waals surface area contributed by atoms with E-state index in [9.17, 15) is 8.78 Å². The first-order chi connectivity index (χ1) is 10.0. The van der Waals surface area contributed by atoms with Gasteiger partial charge in [-0.1, -0.05) is 35.9 Å². The lowest BCUT2D eigenvalue weighted by atomic mass is 9.98. The van der Waals surface area contributed by atoms with Crippen LogP contribution >= 0.6 is 11.6 Å². The molecule has 2 aromatic carbocycles. The lowest BCUT2D eigenvalue weighted by Gasteiger charge is -2.18. The fraction of sp³-hybridized carbons (Fsp3) is 0.200. The van der Waals surface area contributed by atoms with Crippen molar-refractivity contribution in [2.45, 2.75) is 19.6 Å². The Kier molecular flexibility index (Phi) is 5.12. The largest absolute Gasteiger partial charge is 0.435 e. The average Bonchev–Trinajstić information content (AvgIpc) is 2.45. The summed E-state index contributed by atoms with van der Waals surface area (Å²) in [7, 11) is 0. The van der Waals surface area contributed by atoms with Crippen LogP contribution in [-0.2, 0) is 0 Å². The number of hydrogen-bond donors (Lipinski definition) is 2. The van der Waals surface area contributed by atoms with E-state index in [0.29, 0.717) is 5.02 Å². The van der Waals surface area contributed by atoms with E-state index in [4.69, 9.17) is 17.4 Å². The second-order valence-corrected chi connectivity index (χ2v) is 4.96. The molecule has 0 fully saturated rings. The van der Waals surface area contributed by atoms with E-state index in [1.54, 1.807) is 12.1 Å². The predicted molar refractivity (Wildman–Crippen MR) is 78.4 cm³/mol. The highest BCUT2D eigenvalue weighted by Crippen LogP contribution is 2.27. The number of aryl methyl sites for hydroxylation is 1. The van der Waals surface area contributed by atoms with Crippen molar-refractivity contribution in [3.8, 4) is 5.75 Å². The zero-order valence-electron chi connectivity index (χ0n) is 11.3. The van der Waals surface area contributed by atoms with Gasteiger partial charge in [-0.25, -0.2) is 5.43 Å². The van der Waals surface area contributed by atoms with E-state index in [0.717, 1.165) is 16.7 Å². The number of halogens is 3. The fourth-order valence-electron chi connectivity index (χ4n) is 2.02. The zero-order valence-corrected chi connectivity index (χ0v) is 12.1. The normalized spacial score (nSPS) is 12.5. The Morgan fingerprint density at radius 1 is 1.10 bits per heavy atom. The summed E-state index contributed by atoms with van der Waals surface area (Å²) >= 11 is 6.11. The molecule has 0 aromatic heterocycles. The van der Waals surface area contributed by atoms with Crippen LogP contribution in [-0.4, -0.2) is 6.61 Å². The summed E-state index contributed by atoms with van der Waals surface area (Å²) in [6, 6.07) is 11.6. The Morgan fingerprint density at radius 2 is 1.71 bits per heavy atom. The molecule has 21 heavy (non-hydrogen) atoms. The van der Waals surface area contributed by atoms with Gasteiger partial charge in [0, 0.05) is 5.02 Å². The van der Waals surface area contributed by atoms with E-state index in [2.05, 4.69) is 10.2 Å². The second-order valence-electron chi connectivity index (χ2n) is 4.56. The van der Waals surface area contributed by atoms with Crippen molar-refractivity contribution in [1.82, 2.24) is 5.43 Å². The van der Waals surface area contributed by atoms with Crippen molar-refractivity contribution in [2.75, 3.05) is 0 Å². The van der Waals surface area contributed by atoms with Gasteiger partial charge in [-0.3, -0.25) is 5.84 Å². The molecule has 1 unspecified atom stereocenters. The molecule has 6 heteroatoms. The molecule has 0 heterocycles. The number of alkyl halides is 2. The van der Waals surface area contributed by atoms with Crippen molar-refractivity contribution in [2.24, 2.45) is 5.84 Å². The topological polar surface area (TPSA) is 47.3 Å². The van der Waals surface area contributed by atoms with Gasteiger partial charge < -0.3 is 4.74 Å². The molecule has 0 saturated heterocycles. The third-order valence-corrected chi connectivity index (χ3v) is 3.54. The average molecular weight is 313 g/mol. The maximum atomic E-state index is 12.1. The maximum absolute atomic E-state index is 12.1. The van der Waals surface area contributed by atoms with E-state index >= 15 is 0 Å². The smallest absolute Gasteiger partial charge is 0.387 e. The Balaban J connectivity index is 2.26. The Hall–Kier alpha value is -1.69. The lowest BCUT2D eigenvalue weighted by Crippen LogP contribution is -2.28. The van der Waals surface area contributed by atoms with Crippen LogP contribution in [0.25, 0.3) is 0 Å². The summed E-state index contributed by atoms with van der Waals surface area (Å²) < 4.78 is 28.6. The molecule has 0 amide bonds. The summed E-state index contributed by atoms with van der Waals surface area (Å²) in [6.07, 6.45) is 0. The zero-order chi connectivity index (χ0) is 15.4. The summed E-state index contributed by atoms with van der Waals surface area (Å²) in [5.74, 6) is 5.70. The van der Waals surface area contributed by atoms with Crippen LogP contribution in [0.1, 0.15) is 22.7 Å². The van der Waals surface area contributed by atoms with E-state index < -0.39 is 6.61 Å². The molecule has 3 N–H and O–H groups in total. The van der Waals surface area contributed by atoms with Crippen LogP contribution in [0.5, 0.6) is 5.75 Å². The number of nitrogens with one attached hydrogen (secondary N) is 1. The summed E-state index contributed by atoms with van der Waals surface area (Å²) in [6.45, 7) is -0.928. The van der Waals surface area contributed by atoms with Gasteiger partial charge in [0.1, 0.15) is 5.75 Å². The summed E-state index contributed by atoms with van der Waals surface area (Å²) in [5, 5.41) is 0.644. The number of nitrogens with two attached hydrogens (primary N) is 1. The molecule has 2 rings (SSSR count). The first-order valence-corrected chi connectivity index (χ1v) is 6.66. The van der Waals surface area contributed by atoms with Crippen molar-refractivity contribution in [3.63, 3.8) is 0 Å². The van der Waals surface area contributed by atoms with Gasteiger partial charge in [0.25, 0.3) is 0 Å². The molecule has 0 aliphatic heterocycles. The van der Waals surface area contributed by atoms with E-state index in [1.807, 2.05) is 25.1 Å². The van der Waals surface area contributed by atoms with Gasteiger partial charge in [0.15, 0.2) is 0 Å². The second kappa shape index (κ2) is 6.85. The molecule has 3 nitrogen and oxygen atoms in total. The van der Waals surface area contributed by atoms with Crippen LogP contribution in [0.15, 0.2) is 42.5 Å². The van der Waals surface area contributed by atoms with Crippen molar-refractivity contribution < 1.29 is 13.5 Å². The Morgan fingerprint density at radius 3 is 2.24 bits per heavy atom. The monoisotopic (exact) mass is 312 g/mol. The molecule has 2 aromatic rings. The number of hydrogen-bond acceptors (Lipinski definition) is 3. The van der Waals surface area contributed by atoms with Gasteiger partial charge in [-0.05, 0) is 41.8 Å². The molecular formula is C15H15ClF2N2O. The van der Waals surface area contributed by atoms with Gasteiger partial charge in [-0.2, -0.15) is 8.78 Å². The number of rotatable bonds is 5. The first kappa shape index (κ1) is 15.7. The molecule has 0 bridgehead atoms. The first-order valence-electron chi connectivity index (χ1n) is 6.28. The van der Waals surface area contributed by atoms with Gasteiger partial charge >= 0.3 is 6.61 Å². The van der Waals surface area contributed by atoms with Crippen molar-refractivity contribution in [3.05, 3.63) is 64.2 Å². The van der Waals surface area contributed by atoms with Crippen LogP contribution in [0, 0.1) is 6.92 Å². The lowest BCUT2D eigenvalue weighted by molar-refractivity contribution is -0.0498. The third kappa shape index (κ3) is 3.91. The van der Waals surface area contributed by atoms with E-state index in [-0.39, 0.29) is 11.8 Å². The molecule has 0 saturated carbocycles. The molecule has 1 atom stereocenters. The number of hydrazine groups is 1. The van der Waals surface area contributed by atoms with Crippen molar-refractivity contribution >= 4 is 11.6 Å². The molecule has 112 valence electrons. The van der Waals surface area contributed by atoms with Crippen molar-refractivity contribution in [1.29, 1.82) is 0 Å². The van der Waals surface area contributed by atoms with Gasteiger partial charge in [0.05, 0.1) is 6.04 Å². The van der Waals surface area contributed by atoms with Gasteiger partial charge in [0.2, 0.25) is 0 Å². The molecular weight excluding hydrogens is 298 g/mol. The van der Waals surface area contributed by atoms with Crippen LogP contribution < -0.4 is 16.0 Å². The van der Waals surface area contributed by atoms with Crippen LogP contribution in [0.2, 0.25) is 5.02 Å². The number of ether oxygens (including phenoxy) is 1. The highest BCUT2D eigenvalue weighted by molar-refractivity contribution is 6.31. The summed E-state index contributed by atoms with van der Waals surface area (Å²) in [5.41, 5.74) is 5.37. The number of benzene rings is 2. The third-order valence-electron chi connectivity index (χ3n) is 3.13. The van der Waals surface area contributed by atoms with Crippen LogP contribution in [0.4, 0.5) is 8.78 Å². The minimum absolute atomic E-state index is 0.103. The molecule has 0 aliphatic rings. The standard InChI is InChI=1S/C15H15ClF2N2O/c1-9-2-3-11(8-13(9)16)14(20-19)10-4-6-12(7-5-10)21-15(17)18/h2-8,14-15,20H,19H2,1H3. The highest BCUT2D eigenvalue weighted by Gasteiger charge is 2.14. The molecule has 0 spiro atoms. The maximum Gasteiger partial charge on any atom is 0.387 e. The fourth-order valence-corrected chi connectivity index (χ4v) is 2.20. The Labute approximate surface area is 126 Å². The molecule has 0 radical (unpaired) electrons. The van der Waals surface area contributed by atoms with Crippen LogP contribution in [0.3, 0.4) is 0 Å². The van der Waals surface area contributed by atoms with Gasteiger partial charge in [-0.15, -0.1) is 0 Å². The molecule has 0 aliphatic carbocycles. The van der Waals surface area contributed by atoms with E-state index in [1.165, 1.54) is 12.1 Å². The predicted octanol–water partition coefficient (Wildman–Crippen LogP) is 3.80. The minimum Gasteiger partial charge on any atom is -0.435 e. The Bertz CT molecular complexity index is 605. The quantitative estimate of drug-likeness (QED) is 0.652. The minimum atomic E-state index is -2.84.